The Hall–Kier alpha value is -1.34. The molecule has 1 atom stereocenters. The summed E-state index contributed by atoms with van der Waals surface area (Å²) in [5.41, 5.74) is 5.88. The van der Waals surface area contributed by atoms with Crippen LogP contribution in [0.1, 0.15) is 32.6 Å². The number of hydrogen-bond acceptors (Lipinski definition) is 5. The average Bonchev–Trinajstić information content (AvgIpc) is 3.04. The van der Waals surface area contributed by atoms with Crippen LogP contribution in [-0.4, -0.2) is 51.4 Å². The first-order chi connectivity index (χ1) is 10.6. The molecule has 1 fully saturated rings. The molecule has 1 amide bonds. The number of hydrogen-bond donors (Lipinski definition) is 2. The normalized spacial score (nSPS) is 17.5. The zero-order valence-corrected chi connectivity index (χ0v) is 13.8. The van der Waals surface area contributed by atoms with Gasteiger partial charge in [-0.25, -0.2) is 4.98 Å². The second-order valence-electron chi connectivity index (χ2n) is 5.83. The second kappa shape index (κ2) is 8.33. The van der Waals surface area contributed by atoms with E-state index in [1.807, 2.05) is 0 Å². The third kappa shape index (κ3) is 4.84. The Morgan fingerprint density at radius 2 is 2.23 bits per heavy atom. The Morgan fingerprint density at radius 1 is 1.50 bits per heavy atom. The number of ketones is 1. The van der Waals surface area contributed by atoms with Crippen molar-refractivity contribution in [3.05, 3.63) is 12.4 Å². The van der Waals surface area contributed by atoms with Gasteiger partial charge in [0.2, 0.25) is 5.78 Å². The number of piperidine rings is 1. The molecule has 1 aliphatic rings. The smallest absolute Gasteiger partial charge is 0.291 e. The number of aromatic nitrogens is 2. The molecule has 0 aliphatic carbocycles. The van der Waals surface area contributed by atoms with Crippen LogP contribution in [0.5, 0.6) is 0 Å². The van der Waals surface area contributed by atoms with E-state index in [9.17, 15) is 9.59 Å². The van der Waals surface area contributed by atoms with Crippen LogP contribution in [0.2, 0.25) is 0 Å². The van der Waals surface area contributed by atoms with E-state index in [0.29, 0.717) is 25.4 Å². The first-order valence-electron chi connectivity index (χ1n) is 7.79. The number of likely N-dealkylation sites (tertiary alicyclic amines) is 1. The minimum atomic E-state index is -0.691. The van der Waals surface area contributed by atoms with E-state index in [-0.39, 0.29) is 0 Å². The van der Waals surface area contributed by atoms with Crippen molar-refractivity contribution in [2.75, 3.05) is 18.8 Å². The molecule has 122 valence electrons. The lowest BCUT2D eigenvalue weighted by Crippen LogP contribution is -2.47. The molecule has 3 N–H and O–H groups in total. The molecule has 0 spiro atoms. The minimum Gasteiger partial charge on any atom is -0.340 e. The number of imidazole rings is 1. The molecule has 0 radical (unpaired) electrons. The number of nitrogens with zero attached hydrogens (tertiary/aromatic N) is 2. The first kappa shape index (κ1) is 17.0. The van der Waals surface area contributed by atoms with Gasteiger partial charge in [0, 0.05) is 31.2 Å². The highest BCUT2D eigenvalue weighted by Crippen LogP contribution is 2.17. The molecule has 1 aromatic heterocycles. The predicted molar refractivity (Wildman–Crippen MR) is 86.5 cm³/mol. The maximum absolute atomic E-state index is 12.1. The zero-order valence-electron chi connectivity index (χ0n) is 13.0. The van der Waals surface area contributed by atoms with Crippen LogP contribution in [0, 0.1) is 5.92 Å². The highest BCUT2D eigenvalue weighted by Gasteiger charge is 2.28. The fourth-order valence-electron chi connectivity index (χ4n) is 2.46. The van der Waals surface area contributed by atoms with Crippen molar-refractivity contribution < 1.29 is 9.59 Å². The molecule has 1 saturated heterocycles. The number of aromatic amines is 1. The Labute approximate surface area is 135 Å². The number of H-pyrrole nitrogens is 1. The fourth-order valence-corrected chi connectivity index (χ4v) is 3.25. The summed E-state index contributed by atoms with van der Waals surface area (Å²) in [5.74, 6) is 0.603. The lowest BCUT2D eigenvalue weighted by Gasteiger charge is -2.30. The largest absolute Gasteiger partial charge is 0.340 e. The van der Waals surface area contributed by atoms with Crippen LogP contribution in [0.25, 0.3) is 0 Å². The van der Waals surface area contributed by atoms with Crippen molar-refractivity contribution in [3.8, 4) is 0 Å². The lowest BCUT2D eigenvalue weighted by molar-refractivity contribution is -0.146. The highest BCUT2D eigenvalue weighted by molar-refractivity contribution is 7.99. The Morgan fingerprint density at radius 3 is 2.86 bits per heavy atom. The SMILES string of the molecule is CC1CCN(C(=O)C(=O)[C@@H](N)CCCSc2ncc[nH]2)CC1. The molecule has 22 heavy (non-hydrogen) atoms. The van der Waals surface area contributed by atoms with Gasteiger partial charge in [-0.05, 0) is 31.6 Å². The summed E-state index contributed by atoms with van der Waals surface area (Å²) in [6, 6.07) is -0.691. The van der Waals surface area contributed by atoms with Gasteiger partial charge in [0.1, 0.15) is 0 Å². The van der Waals surface area contributed by atoms with Gasteiger partial charge in [-0.2, -0.15) is 0 Å². The molecule has 0 unspecified atom stereocenters. The van der Waals surface area contributed by atoms with Crippen LogP contribution in [0.3, 0.4) is 0 Å². The van der Waals surface area contributed by atoms with E-state index in [4.69, 9.17) is 5.73 Å². The van der Waals surface area contributed by atoms with Gasteiger partial charge in [-0.1, -0.05) is 18.7 Å². The molecule has 7 heteroatoms. The third-order valence-corrected chi connectivity index (χ3v) is 4.98. The Kier molecular flexibility index (Phi) is 6.45. The van der Waals surface area contributed by atoms with Gasteiger partial charge in [0.15, 0.2) is 5.16 Å². The molecular weight excluding hydrogens is 300 g/mol. The van der Waals surface area contributed by atoms with Crippen molar-refractivity contribution in [2.24, 2.45) is 11.7 Å². The Bertz CT molecular complexity index is 484. The molecule has 2 rings (SSSR count). The zero-order chi connectivity index (χ0) is 15.9. The summed E-state index contributed by atoms with van der Waals surface area (Å²) in [7, 11) is 0. The van der Waals surface area contributed by atoms with E-state index in [1.54, 1.807) is 29.1 Å². The van der Waals surface area contributed by atoms with Gasteiger partial charge in [0.05, 0.1) is 6.04 Å². The first-order valence-corrected chi connectivity index (χ1v) is 8.77. The minimum absolute atomic E-state index is 0.405. The maximum atomic E-state index is 12.1. The van der Waals surface area contributed by atoms with Crippen LogP contribution < -0.4 is 5.73 Å². The Balaban J connectivity index is 1.68. The number of amides is 1. The molecule has 1 aromatic rings. The number of nitrogens with one attached hydrogen (secondary N) is 1. The van der Waals surface area contributed by atoms with Gasteiger partial charge in [-0.15, -0.1) is 0 Å². The van der Waals surface area contributed by atoms with E-state index >= 15 is 0 Å². The van der Waals surface area contributed by atoms with Gasteiger partial charge in [0.25, 0.3) is 5.91 Å². The predicted octanol–water partition coefficient (Wildman–Crippen LogP) is 1.44. The summed E-state index contributed by atoms with van der Waals surface area (Å²) >= 11 is 1.59. The van der Waals surface area contributed by atoms with Crippen molar-refractivity contribution >= 4 is 23.5 Å². The third-order valence-electron chi connectivity index (χ3n) is 3.99. The number of carbonyl (C=O) groups excluding carboxylic acids is 2. The summed E-state index contributed by atoms with van der Waals surface area (Å²) in [5, 5.41) is 0.860. The molecule has 0 saturated carbocycles. The van der Waals surface area contributed by atoms with Crippen molar-refractivity contribution in [2.45, 2.75) is 43.8 Å². The molecule has 6 nitrogen and oxygen atoms in total. The number of rotatable bonds is 7. The monoisotopic (exact) mass is 324 g/mol. The quantitative estimate of drug-likeness (QED) is 0.450. The van der Waals surface area contributed by atoms with E-state index in [0.717, 1.165) is 30.2 Å². The molecule has 0 aromatic carbocycles. The maximum Gasteiger partial charge on any atom is 0.291 e. The molecule has 2 heterocycles. The van der Waals surface area contributed by atoms with Crippen LogP contribution in [0.4, 0.5) is 0 Å². The molecular formula is C15H24N4O2S. The van der Waals surface area contributed by atoms with E-state index in [2.05, 4.69) is 16.9 Å². The summed E-state index contributed by atoms with van der Waals surface area (Å²) in [6.45, 7) is 3.52. The fraction of sp³-hybridized carbons (Fsp3) is 0.667. The summed E-state index contributed by atoms with van der Waals surface area (Å²) < 4.78 is 0. The average molecular weight is 324 g/mol. The lowest BCUT2D eigenvalue weighted by atomic mass is 9.98. The molecule has 1 aliphatic heterocycles. The number of carbonyl (C=O) groups is 2. The summed E-state index contributed by atoms with van der Waals surface area (Å²) in [4.78, 5) is 33.0. The highest BCUT2D eigenvalue weighted by atomic mass is 32.2. The standard InChI is InChI=1S/C15H24N4O2S/c1-11-4-8-19(9-5-11)14(21)13(20)12(16)3-2-10-22-15-17-6-7-18-15/h6-7,11-12H,2-5,8-10,16H2,1H3,(H,17,18)/t12-/m0/s1. The van der Waals surface area contributed by atoms with Crippen LogP contribution in [-0.2, 0) is 9.59 Å². The van der Waals surface area contributed by atoms with Gasteiger partial charge < -0.3 is 15.6 Å². The second-order valence-corrected chi connectivity index (χ2v) is 6.91. The van der Waals surface area contributed by atoms with Crippen LogP contribution in [0.15, 0.2) is 17.6 Å². The van der Waals surface area contributed by atoms with Gasteiger partial charge in [-0.3, -0.25) is 9.59 Å². The number of Topliss-reactive ketones (excluding diaryl/α,β-unsaturated/α-hetero) is 1. The van der Waals surface area contributed by atoms with Crippen molar-refractivity contribution in [1.82, 2.24) is 14.9 Å². The number of nitrogens with two attached hydrogens (primary N) is 1. The van der Waals surface area contributed by atoms with Crippen molar-refractivity contribution in [1.29, 1.82) is 0 Å². The van der Waals surface area contributed by atoms with E-state index < -0.39 is 17.7 Å². The topological polar surface area (TPSA) is 92.1 Å². The summed E-state index contributed by atoms with van der Waals surface area (Å²) in [6.07, 6.45) is 6.72. The molecule has 0 bridgehead atoms. The van der Waals surface area contributed by atoms with Gasteiger partial charge >= 0.3 is 0 Å². The van der Waals surface area contributed by atoms with Crippen molar-refractivity contribution in [3.63, 3.8) is 0 Å². The van der Waals surface area contributed by atoms with E-state index in [1.165, 1.54) is 0 Å². The van der Waals surface area contributed by atoms with Crippen LogP contribution >= 0.6 is 11.8 Å². The number of thioether (sulfide) groups is 1.